The van der Waals surface area contributed by atoms with Gasteiger partial charge in [-0.05, 0) is 42.5 Å². The highest BCUT2D eigenvalue weighted by Gasteiger charge is 2.22. The van der Waals surface area contributed by atoms with Gasteiger partial charge in [0, 0.05) is 35.9 Å². The molecule has 1 N–H and O–H groups in total. The van der Waals surface area contributed by atoms with Gasteiger partial charge < -0.3 is 14.6 Å². The first-order valence-electron chi connectivity index (χ1n) is 8.02. The Morgan fingerprint density at radius 2 is 1.48 bits per heavy atom. The molecule has 0 saturated carbocycles. The van der Waals surface area contributed by atoms with Crippen LogP contribution in [0.5, 0.6) is 5.75 Å². The molecule has 0 bridgehead atoms. The number of aromatic carboxylic acids is 1. The average molecular weight is 364 g/mol. The number of carbonyl (C=O) groups excluding carboxylic acids is 1. The van der Waals surface area contributed by atoms with Crippen LogP contribution in [0.15, 0.2) is 67.3 Å². The number of carboxylic acids is 1. The maximum atomic E-state index is 12.7. The third-order valence-corrected chi connectivity index (χ3v) is 3.91. The van der Waals surface area contributed by atoms with Crippen LogP contribution in [-0.4, -0.2) is 34.1 Å². The summed E-state index contributed by atoms with van der Waals surface area (Å²) in [6.45, 7) is 0. The van der Waals surface area contributed by atoms with Gasteiger partial charge in [0.05, 0.1) is 12.7 Å². The molecule has 1 aromatic carbocycles. The van der Waals surface area contributed by atoms with E-state index in [1.807, 2.05) is 0 Å². The summed E-state index contributed by atoms with van der Waals surface area (Å²) in [6.07, 6.45) is 5.74. The lowest BCUT2D eigenvalue weighted by atomic mass is 10.0. The van der Waals surface area contributed by atoms with Crippen molar-refractivity contribution >= 4 is 11.9 Å². The SMILES string of the molecule is COc1ccc(C(=O)OC(c2ccncc2)c2ccncc2)cc1C(=O)O. The number of rotatable bonds is 6. The summed E-state index contributed by atoms with van der Waals surface area (Å²) in [5, 5.41) is 9.29. The Balaban J connectivity index is 1.94. The van der Waals surface area contributed by atoms with Crippen LogP contribution in [0, 0.1) is 0 Å². The van der Waals surface area contributed by atoms with Crippen LogP contribution in [0.25, 0.3) is 0 Å². The van der Waals surface area contributed by atoms with E-state index in [9.17, 15) is 14.7 Å². The molecule has 0 saturated heterocycles. The van der Waals surface area contributed by atoms with Gasteiger partial charge in [-0.25, -0.2) is 9.59 Å². The molecule has 136 valence electrons. The summed E-state index contributed by atoms with van der Waals surface area (Å²) in [4.78, 5) is 32.0. The Labute approximate surface area is 155 Å². The first-order valence-corrected chi connectivity index (χ1v) is 8.02. The Hall–Kier alpha value is -3.74. The number of ether oxygens (including phenoxy) is 2. The average Bonchev–Trinajstić information content (AvgIpc) is 2.72. The molecule has 0 unspecified atom stereocenters. The molecule has 0 aliphatic carbocycles. The van der Waals surface area contributed by atoms with Gasteiger partial charge in [-0.3, -0.25) is 9.97 Å². The number of benzene rings is 1. The van der Waals surface area contributed by atoms with Gasteiger partial charge in [0.2, 0.25) is 0 Å². The molecule has 3 aromatic rings. The van der Waals surface area contributed by atoms with Crippen molar-refractivity contribution in [2.24, 2.45) is 0 Å². The predicted octanol–water partition coefficient (Wildman–Crippen LogP) is 3.13. The van der Waals surface area contributed by atoms with Crippen LogP contribution in [0.4, 0.5) is 0 Å². The molecule has 7 heteroatoms. The van der Waals surface area contributed by atoms with E-state index in [-0.39, 0.29) is 16.9 Å². The number of methoxy groups -OCH3 is 1. The molecule has 2 heterocycles. The first-order chi connectivity index (χ1) is 13.1. The van der Waals surface area contributed by atoms with E-state index in [2.05, 4.69) is 9.97 Å². The molecule has 27 heavy (non-hydrogen) atoms. The van der Waals surface area contributed by atoms with Gasteiger partial charge in [-0.2, -0.15) is 0 Å². The molecule has 0 fully saturated rings. The minimum Gasteiger partial charge on any atom is -0.496 e. The summed E-state index contributed by atoms with van der Waals surface area (Å²) < 4.78 is 10.7. The van der Waals surface area contributed by atoms with E-state index in [0.717, 1.165) is 11.1 Å². The topological polar surface area (TPSA) is 98.6 Å². The molecule has 0 radical (unpaired) electrons. The third kappa shape index (κ3) is 4.09. The van der Waals surface area contributed by atoms with Crippen molar-refractivity contribution in [2.75, 3.05) is 7.11 Å². The molecule has 0 amide bonds. The van der Waals surface area contributed by atoms with Crippen molar-refractivity contribution in [3.8, 4) is 5.75 Å². The smallest absolute Gasteiger partial charge is 0.339 e. The van der Waals surface area contributed by atoms with Crippen molar-refractivity contribution in [1.29, 1.82) is 0 Å². The van der Waals surface area contributed by atoms with Crippen LogP contribution in [-0.2, 0) is 4.74 Å². The zero-order valence-corrected chi connectivity index (χ0v) is 14.4. The summed E-state index contributed by atoms with van der Waals surface area (Å²) in [5.74, 6) is -1.68. The maximum absolute atomic E-state index is 12.7. The van der Waals surface area contributed by atoms with Crippen molar-refractivity contribution in [3.63, 3.8) is 0 Å². The summed E-state index contributed by atoms with van der Waals surface area (Å²) in [6, 6.07) is 11.1. The van der Waals surface area contributed by atoms with Crippen molar-refractivity contribution in [2.45, 2.75) is 6.10 Å². The largest absolute Gasteiger partial charge is 0.496 e. The number of esters is 1. The molecular weight excluding hydrogens is 348 g/mol. The summed E-state index contributed by atoms with van der Waals surface area (Å²) >= 11 is 0. The molecule has 0 spiro atoms. The van der Waals surface area contributed by atoms with E-state index in [1.54, 1.807) is 49.1 Å². The van der Waals surface area contributed by atoms with Crippen LogP contribution in [0.2, 0.25) is 0 Å². The second-order valence-corrected chi connectivity index (χ2v) is 5.57. The van der Waals surface area contributed by atoms with Gasteiger partial charge in [0.25, 0.3) is 0 Å². The molecule has 0 aliphatic rings. The first kappa shape index (κ1) is 18.1. The number of nitrogens with zero attached hydrogens (tertiary/aromatic N) is 2. The lowest BCUT2D eigenvalue weighted by molar-refractivity contribution is 0.0377. The minimum atomic E-state index is -1.19. The van der Waals surface area contributed by atoms with Crippen molar-refractivity contribution in [1.82, 2.24) is 9.97 Å². The van der Waals surface area contributed by atoms with Crippen molar-refractivity contribution < 1.29 is 24.2 Å². The molecule has 7 nitrogen and oxygen atoms in total. The number of hydrogen-bond donors (Lipinski definition) is 1. The lowest BCUT2D eigenvalue weighted by Crippen LogP contribution is -2.14. The van der Waals surface area contributed by atoms with E-state index in [1.165, 1.54) is 25.3 Å². The van der Waals surface area contributed by atoms with Crippen LogP contribution >= 0.6 is 0 Å². The number of aromatic nitrogens is 2. The lowest BCUT2D eigenvalue weighted by Gasteiger charge is -2.19. The zero-order valence-electron chi connectivity index (χ0n) is 14.4. The standard InChI is InChI=1S/C20H16N2O5/c1-26-17-3-2-15(12-16(17)19(23)24)20(25)27-18(13-4-8-21-9-5-13)14-6-10-22-11-7-14/h2-12,18H,1H3,(H,23,24). The van der Waals surface area contributed by atoms with Gasteiger partial charge in [-0.1, -0.05) is 0 Å². The quantitative estimate of drug-likeness (QED) is 0.671. The maximum Gasteiger partial charge on any atom is 0.339 e. The highest BCUT2D eigenvalue weighted by molar-refractivity contribution is 5.96. The molecule has 3 rings (SSSR count). The van der Waals surface area contributed by atoms with E-state index < -0.39 is 18.0 Å². The summed E-state index contributed by atoms with van der Waals surface area (Å²) in [7, 11) is 1.36. The zero-order chi connectivity index (χ0) is 19.2. The predicted molar refractivity (Wildman–Crippen MR) is 95.7 cm³/mol. The fourth-order valence-corrected chi connectivity index (χ4v) is 2.58. The third-order valence-electron chi connectivity index (χ3n) is 3.91. The van der Waals surface area contributed by atoms with E-state index in [0.29, 0.717) is 0 Å². The van der Waals surface area contributed by atoms with Gasteiger partial charge in [0.15, 0.2) is 6.10 Å². The molecular formula is C20H16N2O5. The van der Waals surface area contributed by atoms with Crippen LogP contribution in [0.3, 0.4) is 0 Å². The highest BCUT2D eigenvalue weighted by Crippen LogP contribution is 2.27. The van der Waals surface area contributed by atoms with Gasteiger partial charge >= 0.3 is 11.9 Å². The Morgan fingerprint density at radius 3 is 1.96 bits per heavy atom. The van der Waals surface area contributed by atoms with Gasteiger partial charge in [0.1, 0.15) is 11.3 Å². The van der Waals surface area contributed by atoms with Crippen molar-refractivity contribution in [3.05, 3.63) is 89.5 Å². The fourth-order valence-electron chi connectivity index (χ4n) is 2.58. The summed E-state index contributed by atoms with van der Waals surface area (Å²) in [5.41, 5.74) is 1.46. The Morgan fingerprint density at radius 1 is 0.926 bits per heavy atom. The normalized spacial score (nSPS) is 10.4. The molecule has 0 aliphatic heterocycles. The molecule has 0 atom stereocenters. The Bertz CT molecular complexity index is 906. The van der Waals surface area contributed by atoms with E-state index >= 15 is 0 Å². The minimum absolute atomic E-state index is 0.112. The Kier molecular flexibility index (Phi) is 5.41. The monoisotopic (exact) mass is 364 g/mol. The van der Waals surface area contributed by atoms with Crippen LogP contribution < -0.4 is 4.74 Å². The highest BCUT2D eigenvalue weighted by atomic mass is 16.5. The fraction of sp³-hybridized carbons (Fsp3) is 0.100. The number of carbonyl (C=O) groups is 2. The number of pyridine rings is 2. The number of hydrogen-bond acceptors (Lipinski definition) is 6. The second kappa shape index (κ2) is 8.09. The van der Waals surface area contributed by atoms with Crippen LogP contribution in [0.1, 0.15) is 37.9 Å². The van der Waals surface area contributed by atoms with Gasteiger partial charge in [-0.15, -0.1) is 0 Å². The number of carboxylic acid groups (broad SMARTS) is 1. The second-order valence-electron chi connectivity index (χ2n) is 5.57. The molecule has 2 aromatic heterocycles. The van der Waals surface area contributed by atoms with E-state index in [4.69, 9.17) is 9.47 Å².